The minimum Gasteiger partial charge on any atom is -0.444 e. The lowest BCUT2D eigenvalue weighted by molar-refractivity contribution is 0.0470. The van der Waals surface area contributed by atoms with Crippen molar-refractivity contribution in [1.82, 2.24) is 29.5 Å². The number of aromatic nitrogens is 3. The molecule has 0 bridgehead atoms. The van der Waals surface area contributed by atoms with Crippen LogP contribution < -0.4 is 5.32 Å². The van der Waals surface area contributed by atoms with Gasteiger partial charge in [0.2, 0.25) is 4.77 Å². The van der Waals surface area contributed by atoms with Crippen LogP contribution in [0.15, 0.2) is 30.3 Å². The highest BCUT2D eigenvalue weighted by atomic mass is 32.1. The van der Waals surface area contributed by atoms with Crippen LogP contribution in [-0.4, -0.2) is 68.1 Å². The monoisotopic (exact) mass is 472 g/mol. The molecule has 2 aliphatic heterocycles. The van der Waals surface area contributed by atoms with E-state index in [0.29, 0.717) is 6.67 Å². The summed E-state index contributed by atoms with van der Waals surface area (Å²) in [5.74, 6) is 0.995. The first-order valence-electron chi connectivity index (χ1n) is 12.0. The number of likely N-dealkylation sites (tertiary alicyclic amines) is 2. The van der Waals surface area contributed by atoms with Gasteiger partial charge >= 0.3 is 6.09 Å². The topological polar surface area (TPSA) is 67.6 Å². The van der Waals surface area contributed by atoms with Gasteiger partial charge in [0.15, 0.2) is 5.82 Å². The van der Waals surface area contributed by atoms with Gasteiger partial charge in [0.1, 0.15) is 5.60 Å². The molecule has 180 valence electrons. The van der Waals surface area contributed by atoms with E-state index in [1.54, 1.807) is 0 Å². The molecule has 4 rings (SSSR count). The van der Waals surface area contributed by atoms with E-state index in [1.165, 1.54) is 12.8 Å². The van der Waals surface area contributed by atoms with Crippen LogP contribution >= 0.6 is 12.2 Å². The van der Waals surface area contributed by atoms with Crippen LogP contribution in [0.25, 0.3) is 5.69 Å². The van der Waals surface area contributed by atoms with Crippen molar-refractivity contribution in [1.29, 1.82) is 0 Å². The molecule has 9 heteroatoms. The maximum Gasteiger partial charge on any atom is 0.407 e. The Bertz CT molecular complexity index is 983. The first-order valence-corrected chi connectivity index (χ1v) is 12.4. The molecule has 1 amide bonds. The van der Waals surface area contributed by atoms with Gasteiger partial charge in [-0.2, -0.15) is 5.10 Å². The Kier molecular flexibility index (Phi) is 7.51. The van der Waals surface area contributed by atoms with Gasteiger partial charge < -0.3 is 10.1 Å². The number of ether oxygens (including phenoxy) is 1. The number of hydrogen-bond acceptors (Lipinski definition) is 6. The number of hydrogen-bond donors (Lipinski definition) is 1. The lowest BCUT2D eigenvalue weighted by Gasteiger charge is -2.32. The van der Waals surface area contributed by atoms with Gasteiger partial charge in [-0.25, -0.2) is 9.48 Å². The molecule has 8 nitrogen and oxygen atoms in total. The molecule has 0 aliphatic carbocycles. The second kappa shape index (κ2) is 10.4. The molecule has 2 aromatic rings. The van der Waals surface area contributed by atoms with Gasteiger partial charge in [0.05, 0.1) is 13.2 Å². The average molecular weight is 473 g/mol. The van der Waals surface area contributed by atoms with E-state index in [0.717, 1.165) is 61.8 Å². The minimum absolute atomic E-state index is 0.136. The van der Waals surface area contributed by atoms with Crippen molar-refractivity contribution in [2.75, 3.05) is 26.2 Å². The van der Waals surface area contributed by atoms with E-state index >= 15 is 0 Å². The summed E-state index contributed by atoms with van der Waals surface area (Å²) >= 11 is 5.88. The zero-order chi connectivity index (χ0) is 23.4. The Labute approximate surface area is 201 Å². The van der Waals surface area contributed by atoms with Crippen LogP contribution in [0, 0.1) is 4.77 Å². The Morgan fingerprint density at radius 3 is 2.39 bits per heavy atom. The summed E-state index contributed by atoms with van der Waals surface area (Å²) in [6, 6.07) is 10.4. The molecule has 1 N–H and O–H groups in total. The summed E-state index contributed by atoms with van der Waals surface area (Å²) in [4.78, 5) is 16.9. The van der Waals surface area contributed by atoms with Crippen molar-refractivity contribution in [2.24, 2.45) is 0 Å². The predicted octanol–water partition coefficient (Wildman–Crippen LogP) is 3.95. The first kappa shape index (κ1) is 23.9. The molecule has 3 heterocycles. The van der Waals surface area contributed by atoms with Crippen molar-refractivity contribution in [3.8, 4) is 5.69 Å². The van der Waals surface area contributed by atoms with Crippen molar-refractivity contribution < 1.29 is 9.53 Å². The fraction of sp³-hybridized carbons (Fsp3) is 0.625. The number of rotatable bonds is 6. The Balaban J connectivity index is 1.42. The van der Waals surface area contributed by atoms with Crippen LogP contribution in [0.1, 0.15) is 52.3 Å². The first-order chi connectivity index (χ1) is 15.8. The number of carbonyl (C=O) groups is 1. The molecule has 0 atom stereocenters. The zero-order valence-electron chi connectivity index (χ0n) is 20.0. The minimum atomic E-state index is -0.481. The number of para-hydroxylation sites is 1. The summed E-state index contributed by atoms with van der Waals surface area (Å²) in [6.07, 6.45) is 3.92. The highest BCUT2D eigenvalue weighted by Crippen LogP contribution is 2.18. The third kappa shape index (κ3) is 6.43. The number of amides is 1. The maximum atomic E-state index is 12.1. The number of carbonyl (C=O) groups excluding carboxylic acids is 1. The highest BCUT2D eigenvalue weighted by Gasteiger charge is 2.25. The van der Waals surface area contributed by atoms with E-state index in [9.17, 15) is 4.79 Å². The number of nitrogens with one attached hydrogen (secondary N) is 1. The molecule has 2 saturated heterocycles. The average Bonchev–Trinajstić information content (AvgIpc) is 3.37. The molecule has 0 radical (unpaired) electrons. The molecule has 2 aliphatic rings. The summed E-state index contributed by atoms with van der Waals surface area (Å²) in [7, 11) is 0. The molecule has 0 saturated carbocycles. The van der Waals surface area contributed by atoms with Gasteiger partial charge in [-0.15, -0.1) is 0 Å². The number of nitrogens with zero attached hydrogens (tertiary/aromatic N) is 5. The van der Waals surface area contributed by atoms with Crippen molar-refractivity contribution in [3.05, 3.63) is 40.9 Å². The van der Waals surface area contributed by atoms with Gasteiger partial charge in [0, 0.05) is 24.8 Å². The summed E-state index contributed by atoms with van der Waals surface area (Å²) in [5, 5.41) is 7.96. The molecule has 33 heavy (non-hydrogen) atoms. The standard InChI is InChI=1S/C24H36N6O2S/c1-24(2,3)32-22(31)25-19-11-15-28(16-12-19)18-29-23(33)30(20-9-5-4-6-10-20)21(26-29)17-27-13-7-8-14-27/h4-6,9-10,19H,7-8,11-18H2,1-3H3,(H,25,31). The largest absolute Gasteiger partial charge is 0.444 e. The van der Waals surface area contributed by atoms with Crippen LogP contribution in [0.3, 0.4) is 0 Å². The fourth-order valence-corrected chi connectivity index (χ4v) is 4.82. The van der Waals surface area contributed by atoms with E-state index < -0.39 is 5.60 Å². The van der Waals surface area contributed by atoms with E-state index in [2.05, 4.69) is 31.8 Å². The van der Waals surface area contributed by atoms with Crippen molar-refractivity contribution in [2.45, 2.75) is 71.3 Å². The van der Waals surface area contributed by atoms with Crippen molar-refractivity contribution in [3.63, 3.8) is 0 Å². The second-order valence-corrected chi connectivity index (χ2v) is 10.4. The van der Waals surface area contributed by atoms with Crippen LogP contribution in [0.2, 0.25) is 0 Å². The molecular formula is C24H36N6O2S. The molecule has 1 aromatic carbocycles. The lowest BCUT2D eigenvalue weighted by atomic mass is 10.1. The summed E-state index contributed by atoms with van der Waals surface area (Å²) in [6.45, 7) is 11.1. The smallest absolute Gasteiger partial charge is 0.407 e. The van der Waals surface area contributed by atoms with Crippen LogP contribution in [0.4, 0.5) is 4.79 Å². The van der Waals surface area contributed by atoms with Gasteiger partial charge in [-0.1, -0.05) is 18.2 Å². The fourth-order valence-electron chi connectivity index (χ4n) is 4.51. The SMILES string of the molecule is CC(C)(C)OC(=O)NC1CCN(Cn2nc(CN3CCCC3)n(-c3ccccc3)c2=S)CC1. The summed E-state index contributed by atoms with van der Waals surface area (Å²) in [5.41, 5.74) is 0.578. The number of piperidine rings is 1. The number of alkyl carbamates (subject to hydrolysis) is 1. The summed E-state index contributed by atoms with van der Waals surface area (Å²) < 4.78 is 10.2. The van der Waals surface area contributed by atoms with E-state index in [-0.39, 0.29) is 12.1 Å². The van der Waals surface area contributed by atoms with Crippen LogP contribution in [-0.2, 0) is 18.0 Å². The Morgan fingerprint density at radius 1 is 1.09 bits per heavy atom. The molecule has 1 aromatic heterocycles. The highest BCUT2D eigenvalue weighted by molar-refractivity contribution is 7.71. The zero-order valence-corrected chi connectivity index (χ0v) is 20.8. The third-order valence-electron chi connectivity index (χ3n) is 6.13. The molecule has 2 fully saturated rings. The maximum absolute atomic E-state index is 12.1. The van der Waals surface area contributed by atoms with Gasteiger partial charge in [0.25, 0.3) is 0 Å². The molecule has 0 unspecified atom stereocenters. The van der Waals surface area contributed by atoms with Gasteiger partial charge in [-0.05, 0) is 83.9 Å². The third-order valence-corrected chi connectivity index (χ3v) is 6.52. The van der Waals surface area contributed by atoms with E-state index in [4.69, 9.17) is 22.1 Å². The van der Waals surface area contributed by atoms with Crippen molar-refractivity contribution >= 4 is 18.3 Å². The van der Waals surface area contributed by atoms with Gasteiger partial charge in [-0.3, -0.25) is 14.4 Å². The lowest BCUT2D eigenvalue weighted by Crippen LogP contribution is -2.46. The number of benzene rings is 1. The van der Waals surface area contributed by atoms with Crippen LogP contribution in [0.5, 0.6) is 0 Å². The Hall–Kier alpha value is -2.23. The quantitative estimate of drug-likeness (QED) is 0.643. The van der Waals surface area contributed by atoms with E-state index in [1.807, 2.05) is 43.7 Å². The molecule has 0 spiro atoms. The molecular weight excluding hydrogens is 436 g/mol. The predicted molar refractivity (Wildman–Crippen MR) is 131 cm³/mol. The second-order valence-electron chi connectivity index (χ2n) is 10.0. The normalized spacial score (nSPS) is 18.5. The Morgan fingerprint density at radius 2 is 1.76 bits per heavy atom.